The van der Waals surface area contributed by atoms with Crippen LogP contribution in [0.4, 0.5) is 0 Å². The third-order valence-electron chi connectivity index (χ3n) is 4.73. The Balaban J connectivity index is 0.00000205. The lowest BCUT2D eigenvalue weighted by Gasteiger charge is -2.02. The summed E-state index contributed by atoms with van der Waals surface area (Å²) in [7, 11) is 0. The van der Waals surface area contributed by atoms with Crippen molar-refractivity contribution in [1.82, 2.24) is 9.97 Å². The van der Waals surface area contributed by atoms with Gasteiger partial charge in [-0.3, -0.25) is 4.79 Å². The summed E-state index contributed by atoms with van der Waals surface area (Å²) in [6.07, 6.45) is 4.06. The van der Waals surface area contributed by atoms with Crippen LogP contribution < -0.4 is 22.5 Å². The molecule has 0 saturated carbocycles. The van der Waals surface area contributed by atoms with Crippen LogP contribution in [0, 0.1) is 0 Å². The second kappa shape index (κ2) is 7.95. The maximum atomic E-state index is 12.8. The number of benzene rings is 2. The fourth-order valence-corrected chi connectivity index (χ4v) is 4.45. The van der Waals surface area contributed by atoms with E-state index in [1.165, 1.54) is 16.7 Å². The van der Waals surface area contributed by atoms with Crippen molar-refractivity contribution in [3.63, 3.8) is 0 Å². The third-order valence-corrected chi connectivity index (χ3v) is 5.85. The van der Waals surface area contributed by atoms with Gasteiger partial charge in [-0.1, -0.05) is 41.9 Å². The lowest BCUT2D eigenvalue weighted by atomic mass is 10.1. The molecular weight excluding hydrogens is 425 g/mol. The van der Waals surface area contributed by atoms with E-state index in [1.54, 1.807) is 0 Å². The fourth-order valence-electron chi connectivity index (χ4n) is 3.36. The highest BCUT2D eigenvalue weighted by atomic mass is 35.5. The van der Waals surface area contributed by atoms with Crippen LogP contribution in [0.5, 0.6) is 0 Å². The standard InChI is InChI=1S/C22H14ClN3OS.ClH/c23-17-7-5-15(6-8-17)18-13-28-22-20(18)21(27)24-19(25-22)12-26-10-9-14-3-1-2-4-16(14)11-26;/h1-11,13H,12H2;1H. The van der Waals surface area contributed by atoms with Crippen molar-refractivity contribution in [3.8, 4) is 11.1 Å². The van der Waals surface area contributed by atoms with Crippen LogP contribution in [0.2, 0.25) is 5.02 Å². The molecule has 29 heavy (non-hydrogen) atoms. The lowest BCUT2D eigenvalue weighted by molar-refractivity contribution is -0.688. The van der Waals surface area contributed by atoms with E-state index in [9.17, 15) is 4.79 Å². The predicted octanol–water partition coefficient (Wildman–Crippen LogP) is 1.80. The highest BCUT2D eigenvalue weighted by Gasteiger charge is 2.15. The minimum atomic E-state index is -0.118. The molecule has 3 heterocycles. The molecule has 0 aliphatic heterocycles. The van der Waals surface area contributed by atoms with Crippen molar-refractivity contribution in [3.05, 3.63) is 93.6 Å². The first-order valence-corrected chi connectivity index (χ1v) is 10.1. The summed E-state index contributed by atoms with van der Waals surface area (Å²) in [4.78, 5) is 21.2. The number of nitrogens with zero attached hydrogens (tertiary/aromatic N) is 2. The maximum absolute atomic E-state index is 12.8. The van der Waals surface area contributed by atoms with Gasteiger partial charge in [-0.05, 0) is 29.1 Å². The van der Waals surface area contributed by atoms with Crippen LogP contribution in [0.25, 0.3) is 32.1 Å². The van der Waals surface area contributed by atoms with Gasteiger partial charge in [-0.25, -0.2) is 4.98 Å². The molecule has 0 aliphatic rings. The van der Waals surface area contributed by atoms with Gasteiger partial charge in [0.25, 0.3) is 5.56 Å². The topological polar surface area (TPSA) is 49.6 Å². The fraction of sp³-hybridized carbons (Fsp3) is 0.0455. The third kappa shape index (κ3) is 3.77. The highest BCUT2D eigenvalue weighted by Crippen LogP contribution is 2.31. The van der Waals surface area contributed by atoms with E-state index in [1.807, 2.05) is 52.5 Å². The van der Waals surface area contributed by atoms with E-state index in [-0.39, 0.29) is 18.0 Å². The Morgan fingerprint density at radius 3 is 2.59 bits per heavy atom. The van der Waals surface area contributed by atoms with Gasteiger partial charge in [0.1, 0.15) is 4.83 Å². The molecule has 0 atom stereocenters. The lowest BCUT2D eigenvalue weighted by Crippen LogP contribution is -3.00. The summed E-state index contributed by atoms with van der Waals surface area (Å²) in [6, 6.07) is 17.7. The van der Waals surface area contributed by atoms with E-state index in [0.29, 0.717) is 22.8 Å². The molecule has 144 valence electrons. The molecular formula is C22H15Cl2N3OS. The van der Waals surface area contributed by atoms with E-state index in [4.69, 9.17) is 16.6 Å². The Bertz CT molecular complexity index is 1380. The molecule has 5 rings (SSSR count). The average Bonchev–Trinajstić information content (AvgIpc) is 3.13. The summed E-state index contributed by atoms with van der Waals surface area (Å²) in [6.45, 7) is 0.504. The molecule has 5 aromatic rings. The van der Waals surface area contributed by atoms with Gasteiger partial charge in [-0.2, -0.15) is 4.57 Å². The number of aromatic nitrogens is 3. The quantitative estimate of drug-likeness (QED) is 0.435. The van der Waals surface area contributed by atoms with Crippen molar-refractivity contribution in [1.29, 1.82) is 0 Å². The van der Waals surface area contributed by atoms with E-state index in [0.717, 1.165) is 21.3 Å². The van der Waals surface area contributed by atoms with Crippen molar-refractivity contribution in [2.45, 2.75) is 6.54 Å². The van der Waals surface area contributed by atoms with Crippen molar-refractivity contribution in [2.75, 3.05) is 0 Å². The van der Waals surface area contributed by atoms with Crippen molar-refractivity contribution >= 4 is 43.9 Å². The minimum Gasteiger partial charge on any atom is -1.00 e. The SMILES string of the molecule is O=c1[nH]c(C[n+]2ccc3ccccc3c2)nc2scc(-c3ccc(Cl)cc3)c12.[Cl-]. The van der Waals surface area contributed by atoms with Crippen LogP contribution in [0.15, 0.2) is 77.2 Å². The molecule has 0 fully saturated rings. The van der Waals surface area contributed by atoms with Crippen LogP contribution in [0.1, 0.15) is 5.82 Å². The van der Waals surface area contributed by atoms with Crippen molar-refractivity contribution in [2.24, 2.45) is 0 Å². The second-order valence-electron chi connectivity index (χ2n) is 6.60. The largest absolute Gasteiger partial charge is 1.00 e. The van der Waals surface area contributed by atoms with Gasteiger partial charge in [0.2, 0.25) is 6.54 Å². The zero-order valence-corrected chi connectivity index (χ0v) is 17.4. The summed E-state index contributed by atoms with van der Waals surface area (Å²) in [5.74, 6) is 0.641. The number of hydrogen-bond donors (Lipinski definition) is 1. The number of hydrogen-bond acceptors (Lipinski definition) is 3. The minimum absolute atomic E-state index is 0. The zero-order valence-electron chi connectivity index (χ0n) is 15.1. The first-order valence-electron chi connectivity index (χ1n) is 8.81. The smallest absolute Gasteiger partial charge is 0.260 e. The van der Waals surface area contributed by atoms with Crippen LogP contribution in [-0.2, 0) is 6.54 Å². The van der Waals surface area contributed by atoms with Crippen LogP contribution >= 0.6 is 22.9 Å². The number of fused-ring (bicyclic) bond motifs is 2. The molecule has 0 saturated heterocycles. The molecule has 0 spiro atoms. The molecule has 7 heteroatoms. The Morgan fingerprint density at radius 1 is 1.03 bits per heavy atom. The molecule has 0 aliphatic carbocycles. The van der Waals surface area contributed by atoms with Gasteiger partial charge in [0.15, 0.2) is 18.2 Å². The number of thiophene rings is 1. The molecule has 0 bridgehead atoms. The number of H-pyrrole nitrogens is 1. The zero-order chi connectivity index (χ0) is 19.1. The van der Waals surface area contributed by atoms with Crippen LogP contribution in [-0.4, -0.2) is 9.97 Å². The Morgan fingerprint density at radius 2 is 1.79 bits per heavy atom. The van der Waals surface area contributed by atoms with Gasteiger partial charge >= 0.3 is 0 Å². The normalized spacial score (nSPS) is 10.9. The van der Waals surface area contributed by atoms with E-state index in [2.05, 4.69) is 29.4 Å². The Labute approximate surface area is 181 Å². The van der Waals surface area contributed by atoms with Gasteiger partial charge < -0.3 is 17.4 Å². The second-order valence-corrected chi connectivity index (χ2v) is 7.89. The number of pyridine rings is 1. The van der Waals surface area contributed by atoms with Crippen LogP contribution in [0.3, 0.4) is 0 Å². The molecule has 0 unspecified atom stereocenters. The molecule has 3 aromatic heterocycles. The first-order chi connectivity index (χ1) is 13.7. The molecule has 1 N–H and O–H groups in total. The number of rotatable bonds is 3. The average molecular weight is 440 g/mol. The summed E-state index contributed by atoms with van der Waals surface area (Å²) in [5.41, 5.74) is 1.72. The van der Waals surface area contributed by atoms with Crippen molar-refractivity contribution < 1.29 is 17.0 Å². The van der Waals surface area contributed by atoms with E-state index < -0.39 is 0 Å². The van der Waals surface area contributed by atoms with E-state index >= 15 is 0 Å². The van der Waals surface area contributed by atoms with Gasteiger partial charge in [0, 0.05) is 27.4 Å². The Hall–Kier alpha value is -2.73. The van der Waals surface area contributed by atoms with Gasteiger partial charge in [0.05, 0.1) is 5.39 Å². The molecule has 0 amide bonds. The molecule has 4 nitrogen and oxygen atoms in total. The monoisotopic (exact) mass is 439 g/mol. The summed E-state index contributed by atoms with van der Waals surface area (Å²) >= 11 is 7.46. The maximum Gasteiger partial charge on any atom is 0.260 e. The molecule has 0 radical (unpaired) electrons. The first kappa shape index (κ1) is 19.6. The number of nitrogens with one attached hydrogen (secondary N) is 1. The Kier molecular flexibility index (Phi) is 5.37. The predicted molar refractivity (Wildman–Crippen MR) is 114 cm³/mol. The van der Waals surface area contributed by atoms with Gasteiger partial charge in [-0.15, -0.1) is 11.3 Å². The summed E-state index contributed by atoms with van der Waals surface area (Å²) in [5, 5.41) is 5.60. The number of aromatic amines is 1. The summed E-state index contributed by atoms with van der Waals surface area (Å²) < 4.78 is 2.03. The number of halogens is 2. The molecule has 2 aromatic carbocycles. The highest BCUT2D eigenvalue weighted by molar-refractivity contribution is 7.17.